The molecule has 4 saturated heterocycles. The fourth-order valence-electron chi connectivity index (χ4n) is 13.9. The third-order valence-electron chi connectivity index (χ3n) is 20.6. The van der Waals surface area contributed by atoms with Gasteiger partial charge in [0.1, 0.15) is 78.6 Å². The SMILES string of the molecule is CC(=O)NC1C(OCCCCC(=O)NCCCNC(=O)CCOCC(COCCC(=O)NCCCNC(=O)CCCCOC2OC(CO)C(O)C(O)C2NC(C)=O)(COCCC(=O)NCCCNC(=O)CCCCOC2OC(CO)C(O)C(O)C2NC(C)=O)NC(=O)CCCCCCCCCCC(=O)N2C[C@H](O)C[C@H]2CO[PH](=O)O)OC(CO)C(O)C1O. The van der Waals surface area contributed by atoms with E-state index in [1.165, 1.54) is 25.7 Å². The molecule has 0 aliphatic carbocycles. The third-order valence-corrected chi connectivity index (χ3v) is 21.0. The van der Waals surface area contributed by atoms with E-state index in [2.05, 4.69) is 53.2 Å². The van der Waals surface area contributed by atoms with Crippen LogP contribution in [0.25, 0.3) is 0 Å². The maximum Gasteiger partial charge on any atom is 0.316 e. The van der Waals surface area contributed by atoms with Gasteiger partial charge in [0.2, 0.25) is 65.0 Å². The number of amides is 11. The normalized spacial score (nSPS) is 25.2. The van der Waals surface area contributed by atoms with Gasteiger partial charge in [-0.05, 0) is 77.0 Å². The van der Waals surface area contributed by atoms with Crippen molar-refractivity contribution in [1.82, 2.24) is 58.1 Å². The number of aliphatic hydroxyl groups is 10. The van der Waals surface area contributed by atoms with Crippen molar-refractivity contribution in [1.29, 1.82) is 0 Å². The van der Waals surface area contributed by atoms with E-state index in [0.717, 1.165) is 32.1 Å². The van der Waals surface area contributed by atoms with Crippen LogP contribution in [0.15, 0.2) is 0 Å². The Morgan fingerprint density at radius 1 is 0.382 bits per heavy atom. The van der Waals surface area contributed by atoms with E-state index >= 15 is 0 Å². The Bertz CT molecular complexity index is 2890. The lowest BCUT2D eigenvalue weighted by atomic mass is 9.97. The highest BCUT2D eigenvalue weighted by atomic mass is 31.1. The second-order valence-corrected chi connectivity index (χ2v) is 32.0. The van der Waals surface area contributed by atoms with Crippen LogP contribution >= 0.6 is 8.25 Å². The summed E-state index contributed by atoms with van der Waals surface area (Å²) in [6, 6.07) is -3.79. The topological polar surface area (TPSA) is 643 Å². The van der Waals surface area contributed by atoms with Crippen LogP contribution in [-0.4, -0.2) is 367 Å². The minimum Gasteiger partial charge on any atom is -0.394 e. The third kappa shape index (κ3) is 44.7. The first-order valence-corrected chi connectivity index (χ1v) is 44.2. The first kappa shape index (κ1) is 109. The lowest BCUT2D eigenvalue weighted by Gasteiger charge is -2.42. The molecule has 0 saturated carbocycles. The van der Waals surface area contributed by atoms with Gasteiger partial charge in [-0.2, -0.15) is 0 Å². The highest BCUT2D eigenvalue weighted by molar-refractivity contribution is 7.32. The molecule has 16 unspecified atom stereocenters. The molecule has 0 aromatic rings. The van der Waals surface area contributed by atoms with Crippen molar-refractivity contribution in [3.8, 4) is 0 Å². The predicted molar refractivity (Wildman–Crippen MR) is 434 cm³/mol. The Morgan fingerprint density at radius 3 is 0.984 bits per heavy atom. The largest absolute Gasteiger partial charge is 0.394 e. The Hall–Kier alpha value is -6.44. The second kappa shape index (κ2) is 62.7. The number of ether oxygens (including phenoxy) is 9. The maximum atomic E-state index is 14.1. The molecule has 0 spiro atoms. The van der Waals surface area contributed by atoms with Crippen molar-refractivity contribution in [2.75, 3.05) is 132 Å². The molecular weight excluding hydrogens is 1650 g/mol. The molecule has 0 aromatic heterocycles. The molecule has 4 fully saturated rings. The molecular formula is C78H140N11O33P. The monoisotopic (exact) mass is 1790 g/mol. The number of rotatable bonds is 66. The Labute approximate surface area is 718 Å². The number of carbonyl (C=O) groups excluding carboxylic acids is 11. The quantitative estimate of drug-likeness (QED) is 0.0200. The fraction of sp³-hybridized carbons (Fsp3) is 0.859. The second-order valence-electron chi connectivity index (χ2n) is 31.2. The highest BCUT2D eigenvalue weighted by Gasteiger charge is 2.48. The van der Waals surface area contributed by atoms with Crippen LogP contribution < -0.4 is 53.2 Å². The molecule has 4 rings (SSSR count). The van der Waals surface area contributed by atoms with E-state index in [-0.39, 0.29) is 211 Å². The minimum absolute atomic E-state index is 0.0666. The van der Waals surface area contributed by atoms with Gasteiger partial charge in [0, 0.05) is 138 Å². The number of β-amino-alcohol motifs (C(OH)–C–C–N with tert-alkyl or cyclic N) is 1. The summed E-state index contributed by atoms with van der Waals surface area (Å²) in [7, 11) is -3.19. The average Bonchev–Trinajstić information content (AvgIpc) is 1.73. The number of nitrogens with zero attached hydrogens (tertiary/aromatic N) is 1. The van der Waals surface area contributed by atoms with Crippen LogP contribution in [0, 0.1) is 0 Å². The van der Waals surface area contributed by atoms with Crippen molar-refractivity contribution < 1.29 is 160 Å². The van der Waals surface area contributed by atoms with Crippen LogP contribution in [0.3, 0.4) is 0 Å². The van der Waals surface area contributed by atoms with Gasteiger partial charge in [0.25, 0.3) is 0 Å². The molecule has 4 aliphatic rings. The molecule has 11 amide bonds. The standard InChI is InChI=1S/C78H140N11O33P/c1-50(93)85-66-72(108)69(105)55(43-90)120-75(66)116-35-15-12-21-58(97)79-29-18-32-82-61(100)26-38-113-47-78(88-64(103)24-10-8-6-4-5-7-9-11-25-65(104)89-42-54(96)41-53(89)46-119-123(111)112,48-114-39-27-62(101)83-33-19-30-80-59(98)22-13-16-36-117-76-67(86-51(2)94)73(109)70(106)56(44-91)121-76)49-115-40-28-63(102)84-34-20-31-81-60(99)23-14-17-37-118-77-68(87-52(3)95)74(110)71(107)57(45-92)122-77/h53-57,66-77,90-92,96,105-110,123H,4-49H2,1-3H3,(H,79,97)(H,80,98)(H,81,99)(H,82,100)(H,83,101)(H,84,102)(H,85,93)(H,86,94)(H,87,95)(H,88,103)(H,111,112)/t53-,54+,55?,56?,57?,66?,67?,68?,69?,70?,71?,72?,73?,74?,75?,76?,77?,78?/m0/s1. The number of likely N-dealkylation sites (tertiary alicyclic amines) is 1. The van der Waals surface area contributed by atoms with Gasteiger partial charge in [0.15, 0.2) is 18.9 Å². The number of carbonyl (C=O) groups is 11. The molecule has 0 radical (unpaired) electrons. The van der Waals surface area contributed by atoms with Crippen molar-refractivity contribution in [3.05, 3.63) is 0 Å². The van der Waals surface area contributed by atoms with Crippen LogP contribution in [0.2, 0.25) is 0 Å². The summed E-state index contributed by atoms with van der Waals surface area (Å²) in [5.74, 6) is -4.01. The fourth-order valence-corrected chi connectivity index (χ4v) is 14.3. The Kier molecular flexibility index (Phi) is 55.5. The van der Waals surface area contributed by atoms with Gasteiger partial charge in [-0.25, -0.2) is 0 Å². The smallest absolute Gasteiger partial charge is 0.316 e. The molecule has 45 heteroatoms. The lowest BCUT2D eigenvalue weighted by Crippen LogP contribution is -2.64. The zero-order valence-electron chi connectivity index (χ0n) is 71.2. The molecule has 4 heterocycles. The van der Waals surface area contributed by atoms with E-state index in [1.807, 2.05) is 0 Å². The molecule has 4 aliphatic heterocycles. The minimum atomic E-state index is -3.19. The summed E-state index contributed by atoms with van der Waals surface area (Å²) >= 11 is 0. The molecule has 123 heavy (non-hydrogen) atoms. The van der Waals surface area contributed by atoms with Crippen LogP contribution in [0.1, 0.15) is 188 Å². The molecule has 0 bridgehead atoms. The summed E-state index contributed by atoms with van der Waals surface area (Å²) < 4.78 is 68.2. The number of unbranched alkanes of at least 4 members (excludes halogenated alkanes) is 10. The van der Waals surface area contributed by atoms with E-state index < -0.39 is 161 Å². The van der Waals surface area contributed by atoms with Crippen LogP contribution in [0.5, 0.6) is 0 Å². The molecule has 44 nitrogen and oxygen atoms in total. The summed E-state index contributed by atoms with van der Waals surface area (Å²) in [5.41, 5.74) is -1.46. The van der Waals surface area contributed by atoms with Gasteiger partial charge < -0.3 is 161 Å². The van der Waals surface area contributed by atoms with E-state index in [4.69, 9.17) is 52.0 Å². The number of hydrogen-bond donors (Lipinski definition) is 21. The van der Waals surface area contributed by atoms with Gasteiger partial charge >= 0.3 is 8.25 Å². The van der Waals surface area contributed by atoms with Gasteiger partial charge in [0.05, 0.1) is 78.2 Å². The molecule has 21 N–H and O–H groups in total. The zero-order chi connectivity index (χ0) is 90.5. The van der Waals surface area contributed by atoms with Crippen LogP contribution in [0.4, 0.5) is 0 Å². The van der Waals surface area contributed by atoms with Gasteiger partial charge in [-0.3, -0.25) is 57.3 Å². The first-order chi connectivity index (χ1) is 58.9. The summed E-state index contributed by atoms with van der Waals surface area (Å²) in [6.45, 7) is 2.07. The Morgan fingerprint density at radius 2 is 0.675 bits per heavy atom. The van der Waals surface area contributed by atoms with E-state index in [1.54, 1.807) is 0 Å². The number of aliphatic hydroxyl groups excluding tert-OH is 10. The molecule has 0 aromatic carbocycles. The van der Waals surface area contributed by atoms with Gasteiger partial charge in [-0.15, -0.1) is 0 Å². The number of hydrogen-bond acceptors (Lipinski definition) is 32. The number of nitrogens with one attached hydrogen (secondary N) is 10. The summed E-state index contributed by atoms with van der Waals surface area (Å²) in [4.78, 5) is 150. The summed E-state index contributed by atoms with van der Waals surface area (Å²) in [6.07, 6.45) is -6.50. The lowest BCUT2D eigenvalue weighted by molar-refractivity contribution is -0.270. The van der Waals surface area contributed by atoms with Gasteiger partial charge in [-0.1, -0.05) is 38.5 Å². The van der Waals surface area contributed by atoms with Crippen molar-refractivity contribution in [3.63, 3.8) is 0 Å². The first-order valence-electron chi connectivity index (χ1n) is 42.9. The Balaban J connectivity index is 1.31. The van der Waals surface area contributed by atoms with Crippen molar-refractivity contribution in [2.45, 2.75) is 297 Å². The van der Waals surface area contributed by atoms with E-state index in [9.17, 15) is 108 Å². The zero-order valence-corrected chi connectivity index (χ0v) is 72.2. The molecule has 18 atom stereocenters. The average molecular weight is 1790 g/mol. The van der Waals surface area contributed by atoms with Crippen molar-refractivity contribution >= 4 is 73.2 Å². The van der Waals surface area contributed by atoms with Crippen LogP contribution in [-0.2, 0) is 104 Å². The van der Waals surface area contributed by atoms with E-state index in [0.29, 0.717) is 77.0 Å². The van der Waals surface area contributed by atoms with Crippen molar-refractivity contribution in [2.24, 2.45) is 0 Å². The predicted octanol–water partition coefficient (Wildman–Crippen LogP) is -5.42. The highest BCUT2D eigenvalue weighted by Crippen LogP contribution is 2.28. The summed E-state index contributed by atoms with van der Waals surface area (Å²) in [5, 5.41) is 129. The maximum absolute atomic E-state index is 14.1. The molecule has 710 valence electrons.